The van der Waals surface area contributed by atoms with Gasteiger partial charge in [0.2, 0.25) is 0 Å². The molecule has 0 fully saturated rings. The molecule has 1 rings (SSSR count). The van der Waals surface area contributed by atoms with Crippen LogP contribution in [0, 0.1) is 0 Å². The molecule has 7 heteroatoms. The molecule has 0 aliphatic heterocycles. The zero-order chi connectivity index (χ0) is 16.4. The maximum Gasteiger partial charge on any atom is 0.417 e. The highest BCUT2D eigenvalue weighted by molar-refractivity contribution is 7.80. The first-order valence-electron chi connectivity index (χ1n) is 6.44. The number of aliphatic hydroxyl groups is 1. The fourth-order valence-corrected chi connectivity index (χ4v) is 2.20. The van der Waals surface area contributed by atoms with E-state index in [2.05, 4.69) is 0 Å². The molecule has 0 aromatic heterocycles. The number of hydrogen-bond donors (Lipinski definition) is 2. The summed E-state index contributed by atoms with van der Waals surface area (Å²) in [6.07, 6.45) is -4.51. The van der Waals surface area contributed by atoms with Gasteiger partial charge in [0.05, 0.1) is 11.2 Å². The number of hydrogen-bond acceptors (Lipinski definition) is 3. The first-order chi connectivity index (χ1) is 9.45. The third kappa shape index (κ3) is 4.86. The molecule has 1 aromatic rings. The lowest BCUT2D eigenvalue weighted by atomic mass is 10.0. The van der Waals surface area contributed by atoms with Crippen LogP contribution in [0.4, 0.5) is 18.9 Å². The maximum atomic E-state index is 12.9. The van der Waals surface area contributed by atoms with Gasteiger partial charge in [-0.15, -0.1) is 0 Å². The Balaban J connectivity index is 3.27. The predicted octanol–water partition coefficient (Wildman–Crippen LogP) is 2.94. The lowest BCUT2D eigenvalue weighted by molar-refractivity contribution is -0.137. The molecule has 0 aliphatic rings. The van der Waals surface area contributed by atoms with E-state index in [9.17, 15) is 18.3 Å². The van der Waals surface area contributed by atoms with Crippen molar-refractivity contribution in [3.8, 4) is 0 Å². The molecule has 118 valence electrons. The minimum absolute atomic E-state index is 0.204. The standard InChI is InChI=1S/C14H19F3N2OS/c1-4-19(8-13(2,3)20)9-5-6-11(14(15,16)17)10(7-9)12(18)21/h5-7,20H,4,8H2,1-3H3,(H2,18,21). The molecule has 0 heterocycles. The number of benzene rings is 1. The maximum absolute atomic E-state index is 12.9. The van der Waals surface area contributed by atoms with Gasteiger partial charge >= 0.3 is 6.18 Å². The SMILES string of the molecule is CCN(CC(C)(C)O)c1ccc(C(F)(F)F)c(C(N)=S)c1. The van der Waals surface area contributed by atoms with Gasteiger partial charge in [-0.2, -0.15) is 13.2 Å². The molecule has 0 saturated carbocycles. The van der Waals surface area contributed by atoms with Crippen LogP contribution in [0.15, 0.2) is 18.2 Å². The summed E-state index contributed by atoms with van der Waals surface area (Å²) in [5.74, 6) is 0. The van der Waals surface area contributed by atoms with Crippen molar-refractivity contribution in [3.05, 3.63) is 29.3 Å². The molecule has 1 aromatic carbocycles. The van der Waals surface area contributed by atoms with Crippen LogP contribution in [0.3, 0.4) is 0 Å². The quantitative estimate of drug-likeness (QED) is 0.819. The smallest absolute Gasteiger partial charge is 0.389 e. The lowest BCUT2D eigenvalue weighted by Crippen LogP contribution is -2.38. The van der Waals surface area contributed by atoms with Gasteiger partial charge in [0, 0.05) is 24.3 Å². The normalized spacial score (nSPS) is 12.3. The van der Waals surface area contributed by atoms with Crippen molar-refractivity contribution in [2.45, 2.75) is 32.5 Å². The summed E-state index contributed by atoms with van der Waals surface area (Å²) in [6, 6.07) is 3.65. The molecule has 0 aliphatic carbocycles. The largest absolute Gasteiger partial charge is 0.417 e. The highest BCUT2D eigenvalue weighted by atomic mass is 32.1. The molecule has 21 heavy (non-hydrogen) atoms. The molecule has 0 amide bonds. The zero-order valence-corrected chi connectivity index (χ0v) is 13.0. The van der Waals surface area contributed by atoms with Crippen LogP contribution in [-0.4, -0.2) is 28.8 Å². The van der Waals surface area contributed by atoms with E-state index >= 15 is 0 Å². The molecular weight excluding hydrogens is 301 g/mol. The fourth-order valence-electron chi connectivity index (χ4n) is 2.03. The average molecular weight is 320 g/mol. The molecule has 0 bridgehead atoms. The van der Waals surface area contributed by atoms with Crippen molar-refractivity contribution in [3.63, 3.8) is 0 Å². The number of rotatable bonds is 5. The van der Waals surface area contributed by atoms with E-state index in [-0.39, 0.29) is 17.1 Å². The van der Waals surface area contributed by atoms with Gasteiger partial charge in [-0.3, -0.25) is 0 Å². The van der Waals surface area contributed by atoms with Crippen molar-refractivity contribution in [2.75, 3.05) is 18.0 Å². The van der Waals surface area contributed by atoms with E-state index < -0.39 is 17.3 Å². The van der Waals surface area contributed by atoms with Crippen LogP contribution in [0.2, 0.25) is 0 Å². The van der Waals surface area contributed by atoms with Crippen molar-refractivity contribution in [1.29, 1.82) is 0 Å². The second-order valence-electron chi connectivity index (χ2n) is 5.42. The second-order valence-corrected chi connectivity index (χ2v) is 5.86. The molecule has 0 saturated heterocycles. The predicted molar refractivity (Wildman–Crippen MR) is 81.5 cm³/mol. The average Bonchev–Trinajstić information content (AvgIpc) is 2.33. The Morgan fingerprint density at radius 1 is 1.33 bits per heavy atom. The van der Waals surface area contributed by atoms with Crippen LogP contribution >= 0.6 is 12.2 Å². The van der Waals surface area contributed by atoms with Crippen LogP contribution in [-0.2, 0) is 6.18 Å². The minimum atomic E-state index is -4.51. The molecule has 0 radical (unpaired) electrons. The van der Waals surface area contributed by atoms with Gasteiger partial charge in [-0.05, 0) is 39.0 Å². The first-order valence-corrected chi connectivity index (χ1v) is 6.85. The Kier molecular flexibility index (Phi) is 5.22. The topological polar surface area (TPSA) is 49.5 Å². The van der Waals surface area contributed by atoms with Crippen molar-refractivity contribution >= 4 is 22.9 Å². The van der Waals surface area contributed by atoms with Gasteiger partial charge in [0.15, 0.2) is 0 Å². The Labute approximate surface area is 127 Å². The van der Waals surface area contributed by atoms with Gasteiger partial charge in [0.25, 0.3) is 0 Å². The Morgan fingerprint density at radius 3 is 2.29 bits per heavy atom. The highest BCUT2D eigenvalue weighted by Gasteiger charge is 2.34. The van der Waals surface area contributed by atoms with Gasteiger partial charge in [-0.25, -0.2) is 0 Å². The van der Waals surface area contributed by atoms with Crippen molar-refractivity contribution in [1.82, 2.24) is 0 Å². The molecular formula is C14H19F3N2OS. The minimum Gasteiger partial charge on any atom is -0.389 e. The second kappa shape index (κ2) is 6.19. The third-order valence-corrected chi connectivity index (χ3v) is 3.12. The monoisotopic (exact) mass is 320 g/mol. The van der Waals surface area contributed by atoms with E-state index in [1.807, 2.05) is 6.92 Å². The number of anilines is 1. The fraction of sp³-hybridized carbons (Fsp3) is 0.500. The molecule has 0 unspecified atom stereocenters. The van der Waals surface area contributed by atoms with E-state index in [0.717, 1.165) is 6.07 Å². The van der Waals surface area contributed by atoms with Gasteiger partial charge in [0.1, 0.15) is 4.99 Å². The molecule has 3 N–H and O–H groups in total. The first kappa shape index (κ1) is 17.7. The van der Waals surface area contributed by atoms with E-state index in [1.54, 1.807) is 18.7 Å². The third-order valence-electron chi connectivity index (χ3n) is 2.90. The number of thiocarbonyl (C=S) groups is 1. The highest BCUT2D eigenvalue weighted by Crippen LogP contribution is 2.34. The van der Waals surface area contributed by atoms with E-state index in [0.29, 0.717) is 12.2 Å². The summed E-state index contributed by atoms with van der Waals surface area (Å²) in [6.45, 7) is 5.93. The van der Waals surface area contributed by atoms with Crippen LogP contribution in [0.1, 0.15) is 31.9 Å². The van der Waals surface area contributed by atoms with E-state index in [4.69, 9.17) is 18.0 Å². The summed E-state index contributed by atoms with van der Waals surface area (Å²) < 4.78 is 38.8. The summed E-state index contributed by atoms with van der Waals surface area (Å²) in [4.78, 5) is 1.46. The van der Waals surface area contributed by atoms with E-state index in [1.165, 1.54) is 12.1 Å². The summed E-state index contributed by atoms with van der Waals surface area (Å²) in [7, 11) is 0. The van der Waals surface area contributed by atoms with Gasteiger partial charge < -0.3 is 15.7 Å². The Bertz CT molecular complexity index is 524. The lowest BCUT2D eigenvalue weighted by Gasteiger charge is -2.30. The number of nitrogens with two attached hydrogens (primary N) is 1. The summed E-state index contributed by atoms with van der Waals surface area (Å²) in [5.41, 5.74) is 3.93. The van der Waals surface area contributed by atoms with Crippen molar-refractivity contribution in [2.24, 2.45) is 5.73 Å². The zero-order valence-electron chi connectivity index (χ0n) is 12.2. The Morgan fingerprint density at radius 2 is 1.90 bits per heavy atom. The number of likely N-dealkylation sites (N-methyl/N-ethyl adjacent to an activating group) is 1. The van der Waals surface area contributed by atoms with Crippen LogP contribution in [0.25, 0.3) is 0 Å². The Hall–Kier alpha value is -1.34. The number of nitrogens with zero attached hydrogens (tertiary/aromatic N) is 1. The summed E-state index contributed by atoms with van der Waals surface area (Å²) >= 11 is 4.72. The van der Waals surface area contributed by atoms with Crippen LogP contribution < -0.4 is 10.6 Å². The van der Waals surface area contributed by atoms with Gasteiger partial charge in [-0.1, -0.05) is 12.2 Å². The molecule has 0 spiro atoms. The number of alkyl halides is 3. The summed E-state index contributed by atoms with van der Waals surface area (Å²) in [5, 5.41) is 9.87. The molecule has 0 atom stereocenters. The molecule has 3 nitrogen and oxygen atoms in total. The van der Waals surface area contributed by atoms with Crippen LogP contribution in [0.5, 0.6) is 0 Å². The van der Waals surface area contributed by atoms with Crippen molar-refractivity contribution < 1.29 is 18.3 Å². The number of halogens is 3.